The van der Waals surface area contributed by atoms with E-state index in [0.717, 1.165) is 6.07 Å². The summed E-state index contributed by atoms with van der Waals surface area (Å²) in [5.41, 5.74) is -0.862. The average molecular weight is 320 g/mol. The minimum absolute atomic E-state index is 0.0712. The predicted octanol–water partition coefficient (Wildman–Crippen LogP) is 1.57. The third kappa shape index (κ3) is 2.43. The van der Waals surface area contributed by atoms with Gasteiger partial charge >= 0.3 is 5.97 Å². The van der Waals surface area contributed by atoms with E-state index in [1.807, 2.05) is 0 Å². The van der Waals surface area contributed by atoms with Crippen molar-refractivity contribution in [1.82, 2.24) is 0 Å². The number of aliphatic hydroxyl groups is 1. The minimum Gasteiger partial charge on any atom is -0.495 e. The van der Waals surface area contributed by atoms with Crippen molar-refractivity contribution in [3.8, 4) is 11.5 Å². The summed E-state index contributed by atoms with van der Waals surface area (Å²) in [5, 5.41) is 19.3. The van der Waals surface area contributed by atoms with E-state index >= 15 is 0 Å². The summed E-state index contributed by atoms with van der Waals surface area (Å²) < 4.78 is 16.3. The molecule has 0 bridgehead atoms. The number of carbonyl (C=O) groups is 1. The maximum absolute atomic E-state index is 12.3. The molecule has 0 fully saturated rings. The molecule has 1 aliphatic rings. The molecule has 0 radical (unpaired) electrons. The first kappa shape index (κ1) is 15.4. The van der Waals surface area contributed by atoms with Crippen molar-refractivity contribution in [3.63, 3.8) is 0 Å². The average Bonchev–Trinajstić information content (AvgIpc) is 2.88. The van der Waals surface area contributed by atoms with Gasteiger partial charge in [-0.25, -0.2) is 4.79 Å². The van der Waals surface area contributed by atoms with Gasteiger partial charge in [0.1, 0.15) is 28.6 Å². The number of aromatic carboxylic acids is 1. The number of hydrogen-bond acceptors (Lipinski definition) is 6. The molecular weight excluding hydrogens is 304 g/mol. The summed E-state index contributed by atoms with van der Waals surface area (Å²) in [6, 6.07) is 2.38. The first-order valence-corrected chi connectivity index (χ1v) is 7.02. The van der Waals surface area contributed by atoms with Crippen molar-refractivity contribution >= 4 is 16.9 Å². The van der Waals surface area contributed by atoms with Crippen LogP contribution in [0.5, 0.6) is 11.5 Å². The van der Waals surface area contributed by atoms with Crippen molar-refractivity contribution in [2.75, 3.05) is 7.11 Å². The van der Waals surface area contributed by atoms with Crippen molar-refractivity contribution in [1.29, 1.82) is 0 Å². The molecule has 0 spiro atoms. The summed E-state index contributed by atoms with van der Waals surface area (Å²) in [6.07, 6.45) is -0.129. The Morgan fingerprint density at radius 3 is 2.65 bits per heavy atom. The SMILES string of the molecule is COc1c2c(cc3oc(C(=O)O)cc(=O)c13)O[C@H](C(C)(C)O)C2. The van der Waals surface area contributed by atoms with Gasteiger partial charge in [0.05, 0.1) is 12.7 Å². The third-order valence-corrected chi connectivity index (χ3v) is 3.90. The summed E-state index contributed by atoms with van der Waals surface area (Å²) in [4.78, 5) is 23.3. The van der Waals surface area contributed by atoms with Crippen LogP contribution in [0.2, 0.25) is 0 Å². The van der Waals surface area contributed by atoms with Crippen LogP contribution in [0.1, 0.15) is 30.0 Å². The molecule has 7 heteroatoms. The topological polar surface area (TPSA) is 106 Å². The lowest BCUT2D eigenvalue weighted by atomic mass is 9.96. The Morgan fingerprint density at radius 1 is 1.39 bits per heavy atom. The number of fused-ring (bicyclic) bond motifs is 2. The first-order chi connectivity index (χ1) is 10.7. The van der Waals surface area contributed by atoms with Crippen LogP contribution < -0.4 is 14.9 Å². The highest BCUT2D eigenvalue weighted by Gasteiger charge is 2.37. The molecule has 7 nitrogen and oxygen atoms in total. The van der Waals surface area contributed by atoms with E-state index in [1.165, 1.54) is 13.2 Å². The Balaban J connectivity index is 2.27. The van der Waals surface area contributed by atoms with Gasteiger partial charge in [0.25, 0.3) is 0 Å². The van der Waals surface area contributed by atoms with E-state index < -0.39 is 28.9 Å². The summed E-state index contributed by atoms with van der Waals surface area (Å²) >= 11 is 0. The number of carboxylic acid groups (broad SMARTS) is 1. The Kier molecular flexibility index (Phi) is 3.33. The molecule has 3 rings (SSSR count). The molecule has 0 unspecified atom stereocenters. The maximum Gasteiger partial charge on any atom is 0.371 e. The molecule has 2 heterocycles. The highest BCUT2D eigenvalue weighted by Crippen LogP contribution is 2.42. The summed E-state index contributed by atoms with van der Waals surface area (Å²) in [5.74, 6) is -1.10. The first-order valence-electron chi connectivity index (χ1n) is 7.02. The lowest BCUT2D eigenvalue weighted by Gasteiger charge is -2.24. The van der Waals surface area contributed by atoms with Crippen molar-refractivity contribution in [2.24, 2.45) is 0 Å². The largest absolute Gasteiger partial charge is 0.495 e. The molecule has 23 heavy (non-hydrogen) atoms. The van der Waals surface area contributed by atoms with Crippen LogP contribution in [0.25, 0.3) is 11.0 Å². The molecular formula is C16H16O7. The number of benzene rings is 1. The highest BCUT2D eigenvalue weighted by atomic mass is 16.5. The van der Waals surface area contributed by atoms with Gasteiger partial charge in [0, 0.05) is 24.1 Å². The smallest absolute Gasteiger partial charge is 0.371 e. The molecule has 0 aliphatic carbocycles. The van der Waals surface area contributed by atoms with Crippen LogP contribution in [0.3, 0.4) is 0 Å². The van der Waals surface area contributed by atoms with E-state index in [-0.39, 0.29) is 16.7 Å². The standard InChI is InChI=1S/C16H16O7/c1-16(2,20)12-4-7-9(23-12)6-10-13(14(7)21-3)8(17)5-11(22-10)15(18)19/h5-6,12,20H,4H2,1-3H3,(H,18,19)/t12-/m0/s1. The predicted molar refractivity (Wildman–Crippen MR) is 80.4 cm³/mol. The molecule has 122 valence electrons. The number of methoxy groups -OCH3 is 1. The highest BCUT2D eigenvalue weighted by molar-refractivity contribution is 5.91. The molecule has 1 atom stereocenters. The van der Waals surface area contributed by atoms with E-state index in [1.54, 1.807) is 13.8 Å². The van der Waals surface area contributed by atoms with Crippen LogP contribution in [0, 0.1) is 0 Å². The monoisotopic (exact) mass is 320 g/mol. The molecule has 2 aromatic rings. The zero-order valence-corrected chi connectivity index (χ0v) is 12.9. The second kappa shape index (κ2) is 4.99. The fourth-order valence-electron chi connectivity index (χ4n) is 2.71. The molecule has 1 aromatic heterocycles. The Labute approximate surface area is 131 Å². The van der Waals surface area contributed by atoms with Gasteiger partial charge in [-0.05, 0) is 13.8 Å². The molecule has 1 aromatic carbocycles. The third-order valence-electron chi connectivity index (χ3n) is 3.90. The number of ether oxygens (including phenoxy) is 2. The zero-order chi connectivity index (χ0) is 16.9. The van der Waals surface area contributed by atoms with Crippen LogP contribution in [0.15, 0.2) is 21.3 Å². The van der Waals surface area contributed by atoms with Crippen LogP contribution in [-0.2, 0) is 6.42 Å². The number of rotatable bonds is 3. The molecule has 0 saturated carbocycles. The van der Waals surface area contributed by atoms with Gasteiger partial charge in [-0.3, -0.25) is 4.79 Å². The maximum atomic E-state index is 12.3. The van der Waals surface area contributed by atoms with Crippen molar-refractivity contribution in [3.05, 3.63) is 33.7 Å². The minimum atomic E-state index is -1.33. The Morgan fingerprint density at radius 2 is 2.09 bits per heavy atom. The molecule has 1 aliphatic heterocycles. The second-order valence-corrected chi connectivity index (χ2v) is 6.00. The van der Waals surface area contributed by atoms with E-state index in [9.17, 15) is 14.7 Å². The lowest BCUT2D eigenvalue weighted by molar-refractivity contribution is -0.0229. The van der Waals surface area contributed by atoms with Gasteiger partial charge in [-0.2, -0.15) is 0 Å². The van der Waals surface area contributed by atoms with Gasteiger partial charge in [-0.1, -0.05) is 0 Å². The van der Waals surface area contributed by atoms with Gasteiger partial charge in [0.2, 0.25) is 5.76 Å². The van der Waals surface area contributed by atoms with E-state index in [0.29, 0.717) is 17.7 Å². The quantitative estimate of drug-likeness (QED) is 0.884. The lowest BCUT2D eigenvalue weighted by Crippen LogP contribution is -2.39. The summed E-state index contributed by atoms with van der Waals surface area (Å²) in [6.45, 7) is 3.25. The fraction of sp³-hybridized carbons (Fsp3) is 0.375. The van der Waals surface area contributed by atoms with Crippen LogP contribution >= 0.6 is 0 Å². The molecule has 0 saturated heterocycles. The number of carboxylic acids is 1. The van der Waals surface area contributed by atoms with Gasteiger partial charge in [0.15, 0.2) is 5.43 Å². The normalized spacial score (nSPS) is 17.0. The van der Waals surface area contributed by atoms with E-state index in [4.69, 9.17) is 19.0 Å². The second-order valence-electron chi connectivity index (χ2n) is 6.00. The Hall–Kier alpha value is -2.54. The van der Waals surface area contributed by atoms with Crippen molar-refractivity contribution < 1.29 is 28.9 Å². The molecule has 2 N–H and O–H groups in total. The summed E-state index contributed by atoms with van der Waals surface area (Å²) in [7, 11) is 1.41. The molecule has 0 amide bonds. The van der Waals surface area contributed by atoms with Gasteiger partial charge in [-0.15, -0.1) is 0 Å². The fourth-order valence-corrected chi connectivity index (χ4v) is 2.71. The van der Waals surface area contributed by atoms with Crippen LogP contribution in [-0.4, -0.2) is 35.0 Å². The van der Waals surface area contributed by atoms with Crippen LogP contribution in [0.4, 0.5) is 0 Å². The Bertz CT molecular complexity index is 857. The number of hydrogen-bond donors (Lipinski definition) is 2. The van der Waals surface area contributed by atoms with E-state index in [2.05, 4.69) is 0 Å². The van der Waals surface area contributed by atoms with Crippen molar-refractivity contribution in [2.45, 2.75) is 32.0 Å². The van der Waals surface area contributed by atoms with Gasteiger partial charge < -0.3 is 24.1 Å². The zero-order valence-electron chi connectivity index (χ0n) is 12.9.